The quantitative estimate of drug-likeness (QED) is 0.820. The van der Waals surface area contributed by atoms with E-state index >= 15 is 0 Å². The number of likely N-dealkylation sites (N-methyl/N-ethyl adjacent to an activating group) is 1. The summed E-state index contributed by atoms with van der Waals surface area (Å²) in [5, 5.41) is 0.0678. The lowest BCUT2D eigenvalue weighted by Crippen LogP contribution is -2.46. The number of carbonyl (C=O) groups is 1. The van der Waals surface area contributed by atoms with Gasteiger partial charge in [0.15, 0.2) is 0 Å². The van der Waals surface area contributed by atoms with Crippen molar-refractivity contribution in [1.29, 1.82) is 0 Å². The molecule has 1 aromatic carbocycles. The van der Waals surface area contributed by atoms with Gasteiger partial charge in [0.25, 0.3) is 0 Å². The smallest absolute Gasteiger partial charge is 0.367 e. The number of piperazine rings is 1. The lowest BCUT2D eigenvalue weighted by molar-refractivity contribution is -0.0789. The topological polar surface area (TPSA) is 54.8 Å². The summed E-state index contributed by atoms with van der Waals surface area (Å²) in [6.07, 6.45) is 3.12. The fraction of sp³-hybridized carbons (Fsp3) is 0.474. The summed E-state index contributed by atoms with van der Waals surface area (Å²) in [6, 6.07) is 2.96. The third-order valence-corrected chi connectivity index (χ3v) is 5.49. The fourth-order valence-corrected chi connectivity index (χ4v) is 3.75. The number of pyridine rings is 1. The van der Waals surface area contributed by atoms with Crippen LogP contribution in [0.3, 0.4) is 0 Å². The molecule has 0 unspecified atom stereocenters. The zero-order chi connectivity index (χ0) is 19.1. The van der Waals surface area contributed by atoms with Gasteiger partial charge in [0.1, 0.15) is 11.4 Å². The van der Waals surface area contributed by atoms with Crippen molar-refractivity contribution in [3.8, 4) is 0 Å². The van der Waals surface area contributed by atoms with Crippen LogP contribution >= 0.6 is 0 Å². The standard InChI is InChI=1S/C19H21F2N3O3/c1-2-22-5-7-23(8-6-22)17-10-16-13(9-15(17)20)18(25)14(19(26)27-21)11-24(16)12-3-4-12/h9-12H,2-8H2,1H3. The second-order valence-electron chi connectivity index (χ2n) is 7.12. The minimum absolute atomic E-state index is 0.0678. The Morgan fingerprint density at radius 1 is 1.22 bits per heavy atom. The van der Waals surface area contributed by atoms with Crippen LogP contribution in [0.1, 0.15) is 36.2 Å². The highest BCUT2D eigenvalue weighted by atomic mass is 19.3. The predicted octanol–water partition coefficient (Wildman–Crippen LogP) is 2.66. The first-order valence-electron chi connectivity index (χ1n) is 9.22. The molecule has 2 fully saturated rings. The van der Waals surface area contributed by atoms with Gasteiger partial charge in [-0.3, -0.25) is 4.79 Å². The van der Waals surface area contributed by atoms with Crippen LogP contribution in [-0.2, 0) is 4.94 Å². The first kappa shape index (κ1) is 17.9. The number of nitrogens with zero attached hydrogens (tertiary/aromatic N) is 3. The minimum Gasteiger partial charge on any atom is -0.367 e. The minimum atomic E-state index is -1.35. The zero-order valence-electron chi connectivity index (χ0n) is 15.1. The first-order chi connectivity index (χ1) is 13.0. The van der Waals surface area contributed by atoms with E-state index in [0.29, 0.717) is 24.3 Å². The molecule has 0 bridgehead atoms. The largest absolute Gasteiger partial charge is 0.384 e. The summed E-state index contributed by atoms with van der Waals surface area (Å²) < 4.78 is 29.0. The van der Waals surface area contributed by atoms with Crippen LogP contribution < -0.4 is 10.3 Å². The Morgan fingerprint density at radius 2 is 1.93 bits per heavy atom. The number of halogens is 2. The summed E-state index contributed by atoms with van der Waals surface area (Å²) in [4.78, 5) is 31.7. The third kappa shape index (κ3) is 3.18. The van der Waals surface area contributed by atoms with Crippen molar-refractivity contribution in [2.24, 2.45) is 0 Å². The summed E-state index contributed by atoms with van der Waals surface area (Å²) >= 11 is 0. The molecule has 0 spiro atoms. The van der Waals surface area contributed by atoms with Crippen molar-refractivity contribution in [1.82, 2.24) is 9.47 Å². The number of benzene rings is 1. The second-order valence-corrected chi connectivity index (χ2v) is 7.12. The van der Waals surface area contributed by atoms with Crippen LogP contribution in [0.5, 0.6) is 0 Å². The fourth-order valence-electron chi connectivity index (χ4n) is 3.75. The molecule has 144 valence electrons. The van der Waals surface area contributed by atoms with E-state index in [0.717, 1.165) is 38.5 Å². The van der Waals surface area contributed by atoms with Gasteiger partial charge >= 0.3 is 5.97 Å². The Kier molecular flexibility index (Phi) is 4.59. The highest BCUT2D eigenvalue weighted by Gasteiger charge is 2.29. The molecule has 1 aliphatic carbocycles. The van der Waals surface area contributed by atoms with E-state index in [1.807, 2.05) is 4.90 Å². The molecule has 1 saturated heterocycles. The Labute approximate surface area is 154 Å². The number of hydrogen-bond donors (Lipinski definition) is 0. The van der Waals surface area contributed by atoms with Gasteiger partial charge in [0, 0.05) is 48.3 Å². The van der Waals surface area contributed by atoms with Crippen LogP contribution in [0, 0.1) is 5.82 Å². The van der Waals surface area contributed by atoms with Gasteiger partial charge in [-0.15, -0.1) is 0 Å². The van der Waals surface area contributed by atoms with Crippen molar-refractivity contribution in [2.75, 3.05) is 37.6 Å². The van der Waals surface area contributed by atoms with E-state index in [1.165, 1.54) is 6.20 Å². The number of fused-ring (bicyclic) bond motifs is 1. The number of rotatable bonds is 4. The Morgan fingerprint density at radius 3 is 2.52 bits per heavy atom. The maximum absolute atomic E-state index is 14.8. The molecule has 0 atom stereocenters. The molecule has 1 saturated carbocycles. The van der Waals surface area contributed by atoms with Gasteiger partial charge < -0.3 is 14.4 Å². The monoisotopic (exact) mass is 377 g/mol. The number of aromatic nitrogens is 1. The summed E-state index contributed by atoms with van der Waals surface area (Å²) in [5.74, 6) is -1.87. The Bertz CT molecular complexity index is 947. The predicted molar refractivity (Wildman–Crippen MR) is 97.3 cm³/mol. The van der Waals surface area contributed by atoms with Crippen LogP contribution in [0.15, 0.2) is 23.1 Å². The van der Waals surface area contributed by atoms with Gasteiger partial charge in [-0.1, -0.05) is 6.92 Å². The van der Waals surface area contributed by atoms with Crippen molar-refractivity contribution in [3.05, 3.63) is 39.9 Å². The highest BCUT2D eigenvalue weighted by Crippen LogP contribution is 2.38. The van der Waals surface area contributed by atoms with E-state index < -0.39 is 22.8 Å². The number of carbonyl (C=O) groups excluding carboxylic acids is 1. The molecule has 2 aromatic rings. The molecule has 6 nitrogen and oxygen atoms in total. The average molecular weight is 377 g/mol. The molecule has 8 heteroatoms. The van der Waals surface area contributed by atoms with Crippen LogP contribution in [0.4, 0.5) is 14.6 Å². The molecule has 0 amide bonds. The molecule has 2 aliphatic rings. The summed E-state index contributed by atoms with van der Waals surface area (Å²) in [5.41, 5.74) is -0.119. The second kappa shape index (κ2) is 6.92. The van der Waals surface area contributed by atoms with Crippen molar-refractivity contribution in [3.63, 3.8) is 0 Å². The van der Waals surface area contributed by atoms with Crippen LogP contribution in [0.2, 0.25) is 0 Å². The molecule has 0 N–H and O–H groups in total. The normalized spacial score (nSPS) is 18.1. The maximum Gasteiger partial charge on any atom is 0.384 e. The van der Waals surface area contributed by atoms with E-state index in [2.05, 4.69) is 16.8 Å². The Hall–Kier alpha value is -2.48. The zero-order valence-corrected chi connectivity index (χ0v) is 15.1. The number of hydrogen-bond acceptors (Lipinski definition) is 5. The Balaban J connectivity index is 1.83. The van der Waals surface area contributed by atoms with Crippen molar-refractivity contribution in [2.45, 2.75) is 25.8 Å². The first-order valence-corrected chi connectivity index (χ1v) is 9.22. The molecular formula is C19H21F2N3O3. The summed E-state index contributed by atoms with van der Waals surface area (Å²) in [7, 11) is 0. The lowest BCUT2D eigenvalue weighted by atomic mass is 10.1. The molecular weight excluding hydrogens is 356 g/mol. The van der Waals surface area contributed by atoms with E-state index in [9.17, 15) is 18.5 Å². The molecule has 1 aliphatic heterocycles. The van der Waals surface area contributed by atoms with E-state index in [4.69, 9.17) is 0 Å². The highest BCUT2D eigenvalue weighted by molar-refractivity contribution is 5.94. The number of anilines is 1. The molecule has 4 rings (SSSR count). The van der Waals surface area contributed by atoms with Crippen molar-refractivity contribution >= 4 is 22.6 Å². The average Bonchev–Trinajstić information content (AvgIpc) is 3.53. The molecule has 0 radical (unpaired) electrons. The lowest BCUT2D eigenvalue weighted by Gasteiger charge is -2.35. The van der Waals surface area contributed by atoms with Gasteiger partial charge in [-0.2, -0.15) is 0 Å². The van der Waals surface area contributed by atoms with Crippen LogP contribution in [-0.4, -0.2) is 48.2 Å². The van der Waals surface area contributed by atoms with Crippen LogP contribution in [0.25, 0.3) is 10.9 Å². The van der Waals surface area contributed by atoms with Crippen molar-refractivity contribution < 1.29 is 18.7 Å². The van der Waals surface area contributed by atoms with Gasteiger partial charge in [0.2, 0.25) is 5.43 Å². The van der Waals surface area contributed by atoms with Gasteiger partial charge in [-0.05, 0) is 31.5 Å². The van der Waals surface area contributed by atoms with E-state index in [-0.39, 0.29) is 11.4 Å². The van der Waals surface area contributed by atoms with E-state index in [1.54, 1.807) is 10.6 Å². The summed E-state index contributed by atoms with van der Waals surface area (Å²) in [6.45, 7) is 6.17. The third-order valence-electron chi connectivity index (χ3n) is 5.49. The van der Waals surface area contributed by atoms with Gasteiger partial charge in [-0.25, -0.2) is 14.1 Å². The molecule has 1 aromatic heterocycles. The molecule has 27 heavy (non-hydrogen) atoms. The maximum atomic E-state index is 14.8. The SMILES string of the molecule is CCN1CCN(c2cc3c(cc2F)c(=O)c(C(=O)OF)cn3C2CC2)CC1. The molecule has 2 heterocycles. The van der Waals surface area contributed by atoms with Gasteiger partial charge in [0.05, 0.1) is 11.2 Å².